The number of thiophene rings is 1. The van der Waals surface area contributed by atoms with E-state index in [1.165, 1.54) is 18.4 Å². The fraction of sp³-hybridized carbons (Fsp3) is 0.350. The summed E-state index contributed by atoms with van der Waals surface area (Å²) in [5.41, 5.74) is 1.39. The lowest BCUT2D eigenvalue weighted by atomic mass is 10.1. The van der Waals surface area contributed by atoms with Crippen molar-refractivity contribution in [2.75, 3.05) is 25.5 Å². The molecule has 0 spiro atoms. The van der Waals surface area contributed by atoms with Crippen LogP contribution in [0.2, 0.25) is 0 Å². The molecule has 1 aromatic heterocycles. The molecule has 0 saturated carbocycles. The number of ether oxygens (including phenoxy) is 1. The topological polar surface area (TPSA) is 82.4 Å². The van der Waals surface area contributed by atoms with Crippen molar-refractivity contribution in [3.8, 4) is 11.8 Å². The molecule has 3 rings (SSSR count). The van der Waals surface area contributed by atoms with Crippen molar-refractivity contribution >= 4 is 28.2 Å². The Labute approximate surface area is 162 Å². The van der Waals surface area contributed by atoms with Crippen molar-refractivity contribution in [2.24, 2.45) is 0 Å². The van der Waals surface area contributed by atoms with Crippen molar-refractivity contribution < 1.29 is 14.3 Å². The lowest BCUT2D eigenvalue weighted by Gasteiger charge is -2.26. The van der Waals surface area contributed by atoms with Gasteiger partial charge in [-0.05, 0) is 49.9 Å². The van der Waals surface area contributed by atoms with Crippen molar-refractivity contribution in [1.82, 2.24) is 4.90 Å². The van der Waals surface area contributed by atoms with E-state index in [4.69, 9.17) is 4.74 Å². The van der Waals surface area contributed by atoms with Crippen LogP contribution in [0.15, 0.2) is 24.3 Å². The summed E-state index contributed by atoms with van der Waals surface area (Å²) in [6.07, 6.45) is 3.14. The first-order chi connectivity index (χ1) is 13.0. The smallest absolute Gasteiger partial charge is 0.264 e. The highest BCUT2D eigenvalue weighted by atomic mass is 32.1. The number of amides is 2. The maximum atomic E-state index is 12.8. The van der Waals surface area contributed by atoms with Gasteiger partial charge in [-0.25, -0.2) is 0 Å². The number of rotatable bonds is 4. The fourth-order valence-electron chi connectivity index (χ4n) is 3.12. The first-order valence-electron chi connectivity index (χ1n) is 8.83. The van der Waals surface area contributed by atoms with Gasteiger partial charge in [-0.1, -0.05) is 6.07 Å². The third kappa shape index (κ3) is 3.96. The summed E-state index contributed by atoms with van der Waals surface area (Å²) >= 11 is 1.17. The standard InChI is InChI=1S/C20H21N3O3S/c1-13-16(12-21)19(22-18(24)14-7-6-8-15(11-14)26-2)27-17(13)20(25)23-9-4-3-5-10-23/h6-8,11H,3-5,9-10H2,1-2H3,(H,22,24). The Kier molecular flexibility index (Phi) is 5.77. The zero-order chi connectivity index (χ0) is 19.4. The third-order valence-electron chi connectivity index (χ3n) is 4.66. The number of hydrogen-bond donors (Lipinski definition) is 1. The number of nitrogens with zero attached hydrogens (tertiary/aromatic N) is 2. The fourth-order valence-corrected chi connectivity index (χ4v) is 4.24. The first kappa shape index (κ1) is 18.9. The van der Waals surface area contributed by atoms with Crippen molar-refractivity contribution in [3.63, 3.8) is 0 Å². The highest BCUT2D eigenvalue weighted by molar-refractivity contribution is 7.18. The molecule has 6 nitrogen and oxygen atoms in total. The molecule has 2 aromatic rings. The van der Waals surface area contributed by atoms with E-state index in [2.05, 4.69) is 11.4 Å². The molecular formula is C20H21N3O3S. The number of nitriles is 1. The molecule has 27 heavy (non-hydrogen) atoms. The summed E-state index contributed by atoms with van der Waals surface area (Å²) in [5, 5.41) is 12.7. The molecule has 140 valence electrons. The van der Waals surface area contributed by atoms with Gasteiger partial charge in [0.2, 0.25) is 0 Å². The predicted molar refractivity (Wildman–Crippen MR) is 104 cm³/mol. The number of benzene rings is 1. The number of carbonyl (C=O) groups is 2. The second-order valence-corrected chi connectivity index (χ2v) is 7.43. The monoisotopic (exact) mass is 383 g/mol. The van der Waals surface area contributed by atoms with E-state index in [-0.39, 0.29) is 11.8 Å². The number of piperidine rings is 1. The van der Waals surface area contributed by atoms with Gasteiger partial charge < -0.3 is 15.0 Å². The number of anilines is 1. The number of likely N-dealkylation sites (tertiary alicyclic amines) is 1. The Balaban J connectivity index is 1.86. The third-order valence-corrected chi connectivity index (χ3v) is 5.85. The molecule has 0 bridgehead atoms. The van der Waals surface area contributed by atoms with Crippen molar-refractivity contribution in [1.29, 1.82) is 5.26 Å². The average Bonchev–Trinajstić information content (AvgIpc) is 3.03. The maximum Gasteiger partial charge on any atom is 0.264 e. The Hall–Kier alpha value is -2.85. The molecule has 0 aliphatic carbocycles. The van der Waals surface area contributed by atoms with E-state index in [0.29, 0.717) is 32.3 Å². The van der Waals surface area contributed by atoms with Gasteiger partial charge in [0.15, 0.2) is 0 Å². The number of nitrogens with one attached hydrogen (secondary N) is 1. The molecule has 2 heterocycles. The van der Waals surface area contributed by atoms with Crippen LogP contribution in [-0.2, 0) is 0 Å². The normalized spacial score (nSPS) is 13.7. The Morgan fingerprint density at radius 1 is 1.26 bits per heavy atom. The number of hydrogen-bond acceptors (Lipinski definition) is 5. The molecule has 1 fully saturated rings. The minimum absolute atomic E-state index is 0.0596. The van der Waals surface area contributed by atoms with Crippen molar-refractivity contribution in [2.45, 2.75) is 26.2 Å². The van der Waals surface area contributed by atoms with Crippen LogP contribution in [-0.4, -0.2) is 36.9 Å². The molecule has 1 saturated heterocycles. The van der Waals surface area contributed by atoms with Crippen LogP contribution in [0.4, 0.5) is 5.00 Å². The molecule has 0 radical (unpaired) electrons. The molecule has 0 unspecified atom stereocenters. The Bertz CT molecular complexity index is 908. The second-order valence-electron chi connectivity index (χ2n) is 6.41. The van der Waals surface area contributed by atoms with Crippen LogP contribution < -0.4 is 10.1 Å². The van der Waals surface area contributed by atoms with Gasteiger partial charge in [-0.15, -0.1) is 11.3 Å². The van der Waals surface area contributed by atoms with Crippen molar-refractivity contribution in [3.05, 3.63) is 45.8 Å². The molecule has 1 aliphatic rings. The van der Waals surface area contributed by atoms with Crippen LogP contribution in [0.25, 0.3) is 0 Å². The molecule has 7 heteroatoms. The van der Waals surface area contributed by atoms with Gasteiger partial charge in [-0.2, -0.15) is 5.26 Å². The molecule has 1 N–H and O–H groups in total. The van der Waals surface area contributed by atoms with E-state index in [1.54, 1.807) is 31.2 Å². The zero-order valence-corrected chi connectivity index (χ0v) is 16.2. The van der Waals surface area contributed by atoms with Crippen LogP contribution in [0.1, 0.15) is 50.4 Å². The van der Waals surface area contributed by atoms with E-state index < -0.39 is 0 Å². The van der Waals surface area contributed by atoms with Crippen LogP contribution in [0.5, 0.6) is 5.75 Å². The van der Waals surface area contributed by atoms with E-state index in [1.807, 2.05) is 4.90 Å². The van der Waals surface area contributed by atoms with Crippen LogP contribution >= 0.6 is 11.3 Å². The summed E-state index contributed by atoms with van der Waals surface area (Å²) in [6, 6.07) is 8.90. The summed E-state index contributed by atoms with van der Waals surface area (Å²) in [7, 11) is 1.53. The quantitative estimate of drug-likeness (QED) is 0.870. The van der Waals surface area contributed by atoms with E-state index in [9.17, 15) is 14.9 Å². The molecule has 0 atom stereocenters. The largest absolute Gasteiger partial charge is 0.497 e. The highest BCUT2D eigenvalue weighted by Crippen LogP contribution is 2.34. The maximum absolute atomic E-state index is 12.8. The summed E-state index contributed by atoms with van der Waals surface area (Å²) in [6.45, 7) is 3.24. The van der Waals surface area contributed by atoms with Gasteiger partial charge in [-0.3, -0.25) is 9.59 Å². The van der Waals surface area contributed by atoms with Gasteiger partial charge >= 0.3 is 0 Å². The highest BCUT2D eigenvalue weighted by Gasteiger charge is 2.26. The van der Waals surface area contributed by atoms with Gasteiger partial charge in [0.1, 0.15) is 16.8 Å². The predicted octanol–water partition coefficient (Wildman–Crippen LogP) is 3.82. The lowest BCUT2D eigenvalue weighted by molar-refractivity contribution is 0.0728. The lowest BCUT2D eigenvalue weighted by Crippen LogP contribution is -2.35. The summed E-state index contributed by atoms with van der Waals surface area (Å²) < 4.78 is 5.14. The minimum Gasteiger partial charge on any atom is -0.497 e. The SMILES string of the molecule is COc1cccc(C(=O)Nc2sc(C(=O)N3CCCCC3)c(C)c2C#N)c1. The first-order valence-corrected chi connectivity index (χ1v) is 9.65. The van der Waals surface area contributed by atoms with Gasteiger partial charge in [0.05, 0.1) is 17.6 Å². The summed E-state index contributed by atoms with van der Waals surface area (Å²) in [4.78, 5) is 27.8. The number of carbonyl (C=O) groups excluding carboxylic acids is 2. The molecule has 1 aromatic carbocycles. The number of methoxy groups -OCH3 is 1. The summed E-state index contributed by atoms with van der Waals surface area (Å²) in [5.74, 6) is 0.172. The average molecular weight is 383 g/mol. The minimum atomic E-state index is -0.344. The Morgan fingerprint density at radius 3 is 2.67 bits per heavy atom. The zero-order valence-electron chi connectivity index (χ0n) is 15.4. The van der Waals surface area contributed by atoms with Crippen LogP contribution in [0, 0.1) is 18.3 Å². The van der Waals surface area contributed by atoms with Crippen LogP contribution in [0.3, 0.4) is 0 Å². The van der Waals surface area contributed by atoms with E-state index in [0.717, 1.165) is 32.4 Å². The second kappa shape index (κ2) is 8.23. The molecule has 2 amide bonds. The molecular weight excluding hydrogens is 362 g/mol. The van der Waals surface area contributed by atoms with E-state index >= 15 is 0 Å². The van der Waals surface area contributed by atoms with Gasteiger partial charge in [0.25, 0.3) is 11.8 Å². The Morgan fingerprint density at radius 2 is 2.00 bits per heavy atom. The van der Waals surface area contributed by atoms with Gasteiger partial charge in [0, 0.05) is 18.7 Å². The molecule has 1 aliphatic heterocycles.